The van der Waals surface area contributed by atoms with Gasteiger partial charge < -0.3 is 20.4 Å². The quantitative estimate of drug-likeness (QED) is 0.630. The van der Waals surface area contributed by atoms with Crippen LogP contribution in [0.1, 0.15) is 38.5 Å². The van der Waals surface area contributed by atoms with Gasteiger partial charge in [-0.2, -0.15) is 0 Å². The lowest BCUT2D eigenvalue weighted by atomic mass is 9.83. The average molecular weight is 312 g/mol. The van der Waals surface area contributed by atoms with Crippen molar-refractivity contribution in [2.45, 2.75) is 38.5 Å². The molecule has 0 aromatic rings. The zero-order valence-electron chi connectivity index (χ0n) is 13.5. The lowest BCUT2D eigenvalue weighted by Gasteiger charge is -2.24. The monoisotopic (exact) mass is 312 g/mol. The van der Waals surface area contributed by atoms with E-state index in [2.05, 4.69) is 0 Å². The highest BCUT2D eigenvalue weighted by Crippen LogP contribution is 2.52. The molecule has 4 heteroatoms. The number of fused-ring (bicyclic) bond motifs is 4. The molecule has 4 rings (SSSR count). The number of hydrogen-bond donors (Lipinski definition) is 4. The van der Waals surface area contributed by atoms with Crippen LogP contribution in [-0.4, -0.2) is 46.9 Å². The Morgan fingerprint density at radius 3 is 0.773 bits per heavy atom. The van der Waals surface area contributed by atoms with E-state index in [-0.39, 0.29) is 0 Å². The predicted molar refractivity (Wildman–Crippen MR) is 84.0 cm³/mol. The summed E-state index contributed by atoms with van der Waals surface area (Å²) in [6.07, 6.45) is 7.16. The molecule has 0 radical (unpaired) electrons. The number of aliphatic hydroxyl groups excluding tert-OH is 4. The minimum absolute atomic E-state index is 0.360. The molecule has 0 aromatic heterocycles. The standard InChI is InChI=1S/2C9H16O2/c2*10-4-8-2-6-1-7(8)3-9(6)5-11/h2*6-11H,1-5H2. The molecule has 8 atom stereocenters. The molecular formula is C18H32O4. The third-order valence-corrected chi connectivity index (χ3v) is 7.24. The molecule has 0 amide bonds. The first kappa shape index (κ1) is 16.7. The van der Waals surface area contributed by atoms with E-state index in [0.29, 0.717) is 50.1 Å². The van der Waals surface area contributed by atoms with Crippen molar-refractivity contribution >= 4 is 0 Å². The minimum atomic E-state index is 0.360. The third-order valence-electron chi connectivity index (χ3n) is 7.24. The first-order valence-electron chi connectivity index (χ1n) is 9.13. The van der Waals surface area contributed by atoms with Crippen molar-refractivity contribution in [1.29, 1.82) is 0 Å². The summed E-state index contributed by atoms with van der Waals surface area (Å²) in [5, 5.41) is 35.9. The van der Waals surface area contributed by atoms with Gasteiger partial charge in [0.1, 0.15) is 0 Å². The Hall–Kier alpha value is -0.160. The highest BCUT2D eigenvalue weighted by molar-refractivity contribution is 4.95. The SMILES string of the molecule is OCC1CC2CC1CC2CO.OCC1CC2CC1CC2CO. The number of hydrogen-bond acceptors (Lipinski definition) is 4. The van der Waals surface area contributed by atoms with E-state index >= 15 is 0 Å². The second-order valence-electron chi connectivity index (χ2n) is 8.23. The van der Waals surface area contributed by atoms with Crippen LogP contribution in [0.2, 0.25) is 0 Å². The fourth-order valence-electron chi connectivity index (χ4n) is 5.92. The van der Waals surface area contributed by atoms with Crippen molar-refractivity contribution < 1.29 is 20.4 Å². The lowest BCUT2D eigenvalue weighted by molar-refractivity contribution is 0.122. The molecule has 4 nitrogen and oxygen atoms in total. The van der Waals surface area contributed by atoms with E-state index in [1.807, 2.05) is 0 Å². The summed E-state index contributed by atoms with van der Waals surface area (Å²) in [6, 6.07) is 0. The van der Waals surface area contributed by atoms with Crippen molar-refractivity contribution in [3.8, 4) is 0 Å². The minimum Gasteiger partial charge on any atom is -0.396 e. The zero-order valence-corrected chi connectivity index (χ0v) is 13.5. The predicted octanol–water partition coefficient (Wildman–Crippen LogP) is 1.27. The summed E-state index contributed by atoms with van der Waals surface area (Å²) in [4.78, 5) is 0. The molecule has 4 saturated carbocycles. The molecule has 0 aromatic carbocycles. The second kappa shape index (κ2) is 7.16. The molecule has 4 N–H and O–H groups in total. The van der Waals surface area contributed by atoms with Gasteiger partial charge in [-0.3, -0.25) is 0 Å². The van der Waals surface area contributed by atoms with Gasteiger partial charge in [-0.15, -0.1) is 0 Å². The zero-order chi connectivity index (χ0) is 15.7. The van der Waals surface area contributed by atoms with Gasteiger partial charge in [-0.25, -0.2) is 0 Å². The van der Waals surface area contributed by atoms with Gasteiger partial charge >= 0.3 is 0 Å². The molecule has 0 saturated heterocycles. The number of rotatable bonds is 4. The molecule has 0 heterocycles. The number of aliphatic hydroxyl groups is 4. The largest absolute Gasteiger partial charge is 0.396 e. The fraction of sp³-hybridized carbons (Fsp3) is 1.00. The van der Waals surface area contributed by atoms with E-state index in [4.69, 9.17) is 20.4 Å². The first-order valence-corrected chi connectivity index (χ1v) is 9.13. The summed E-state index contributed by atoms with van der Waals surface area (Å²) in [6.45, 7) is 1.44. The van der Waals surface area contributed by atoms with Crippen LogP contribution in [0.15, 0.2) is 0 Å². The third kappa shape index (κ3) is 3.08. The van der Waals surface area contributed by atoms with Gasteiger partial charge in [-0.1, -0.05) is 0 Å². The summed E-state index contributed by atoms with van der Waals surface area (Å²) in [5.41, 5.74) is 0. The second-order valence-corrected chi connectivity index (χ2v) is 8.23. The molecule has 0 aliphatic heterocycles. The van der Waals surface area contributed by atoms with E-state index in [0.717, 1.165) is 49.4 Å². The molecule has 4 aliphatic rings. The summed E-state index contributed by atoms with van der Waals surface area (Å²) >= 11 is 0. The normalized spacial score (nSPS) is 48.5. The average Bonchev–Trinajstić information content (AvgIpc) is 3.32. The molecule has 22 heavy (non-hydrogen) atoms. The molecule has 8 unspecified atom stereocenters. The van der Waals surface area contributed by atoms with Crippen molar-refractivity contribution in [3.05, 3.63) is 0 Å². The Bertz CT molecular complexity index is 295. The highest BCUT2D eigenvalue weighted by Gasteiger charge is 2.45. The maximum atomic E-state index is 8.98. The Kier molecular flexibility index (Phi) is 5.43. The van der Waals surface area contributed by atoms with E-state index in [1.165, 1.54) is 12.8 Å². The van der Waals surface area contributed by atoms with Crippen molar-refractivity contribution in [2.24, 2.45) is 47.3 Å². The topological polar surface area (TPSA) is 80.9 Å². The van der Waals surface area contributed by atoms with Gasteiger partial charge in [0, 0.05) is 26.4 Å². The van der Waals surface area contributed by atoms with Gasteiger partial charge in [-0.05, 0) is 85.9 Å². The Morgan fingerprint density at radius 2 is 0.636 bits per heavy atom. The van der Waals surface area contributed by atoms with Crippen molar-refractivity contribution in [3.63, 3.8) is 0 Å². The Labute approximate surface area is 133 Å². The molecule has 0 spiro atoms. The van der Waals surface area contributed by atoms with Crippen LogP contribution in [0.3, 0.4) is 0 Å². The van der Waals surface area contributed by atoms with Crippen LogP contribution < -0.4 is 0 Å². The fourth-order valence-corrected chi connectivity index (χ4v) is 5.92. The van der Waals surface area contributed by atoms with Crippen LogP contribution in [0, 0.1) is 47.3 Å². The molecular weight excluding hydrogens is 280 g/mol. The van der Waals surface area contributed by atoms with Crippen LogP contribution >= 0.6 is 0 Å². The Morgan fingerprint density at radius 1 is 0.409 bits per heavy atom. The van der Waals surface area contributed by atoms with Crippen molar-refractivity contribution in [1.82, 2.24) is 0 Å². The van der Waals surface area contributed by atoms with Gasteiger partial charge in [0.05, 0.1) is 0 Å². The van der Waals surface area contributed by atoms with Gasteiger partial charge in [0.25, 0.3) is 0 Å². The van der Waals surface area contributed by atoms with Crippen LogP contribution in [-0.2, 0) is 0 Å². The maximum absolute atomic E-state index is 8.98. The van der Waals surface area contributed by atoms with E-state index in [9.17, 15) is 0 Å². The van der Waals surface area contributed by atoms with Crippen LogP contribution in [0.5, 0.6) is 0 Å². The molecule has 4 aliphatic carbocycles. The van der Waals surface area contributed by atoms with E-state index in [1.54, 1.807) is 0 Å². The van der Waals surface area contributed by atoms with Crippen LogP contribution in [0.25, 0.3) is 0 Å². The van der Waals surface area contributed by atoms with Gasteiger partial charge in [0.15, 0.2) is 0 Å². The smallest absolute Gasteiger partial charge is 0.0462 e. The summed E-state index contributed by atoms with van der Waals surface area (Å²) in [7, 11) is 0. The summed E-state index contributed by atoms with van der Waals surface area (Å²) in [5.74, 6) is 5.13. The van der Waals surface area contributed by atoms with Crippen LogP contribution in [0.4, 0.5) is 0 Å². The summed E-state index contributed by atoms with van der Waals surface area (Å²) < 4.78 is 0. The molecule has 128 valence electrons. The molecule has 4 bridgehead atoms. The molecule has 4 fully saturated rings. The van der Waals surface area contributed by atoms with E-state index < -0.39 is 0 Å². The lowest BCUT2D eigenvalue weighted by Crippen LogP contribution is -2.22. The van der Waals surface area contributed by atoms with Gasteiger partial charge in [0.2, 0.25) is 0 Å². The Balaban J connectivity index is 0.000000131. The maximum Gasteiger partial charge on any atom is 0.0462 e. The van der Waals surface area contributed by atoms with Crippen molar-refractivity contribution in [2.75, 3.05) is 26.4 Å². The first-order chi connectivity index (χ1) is 10.7. The highest BCUT2D eigenvalue weighted by atomic mass is 16.3.